The smallest absolute Gasteiger partial charge is 0.223 e. The molecule has 0 spiro atoms. The van der Waals surface area contributed by atoms with E-state index in [-0.39, 0.29) is 29.3 Å². The van der Waals surface area contributed by atoms with Crippen molar-refractivity contribution in [2.75, 3.05) is 6.54 Å². The molecule has 0 aromatic heterocycles. The van der Waals surface area contributed by atoms with Crippen LogP contribution in [0.15, 0.2) is 0 Å². The summed E-state index contributed by atoms with van der Waals surface area (Å²) in [6.45, 7) is 8.67. The quantitative estimate of drug-likeness (QED) is 0.745. The maximum Gasteiger partial charge on any atom is 0.223 e. The molecule has 0 aliphatic heterocycles. The summed E-state index contributed by atoms with van der Waals surface area (Å²) in [5.41, 5.74) is -0.262. The molecule has 110 valence electrons. The molecule has 0 aromatic rings. The van der Waals surface area contributed by atoms with Crippen LogP contribution < -0.4 is 5.32 Å². The van der Waals surface area contributed by atoms with Crippen LogP contribution in [0.1, 0.15) is 53.4 Å². The normalized spacial score (nSPS) is 21.8. The number of rotatable bonds is 7. The van der Waals surface area contributed by atoms with Gasteiger partial charge in [-0.15, -0.1) is 0 Å². The summed E-state index contributed by atoms with van der Waals surface area (Å²) >= 11 is 0. The molecule has 3 nitrogen and oxygen atoms in total. The molecule has 2 fully saturated rings. The van der Waals surface area contributed by atoms with E-state index in [2.05, 4.69) is 5.32 Å². The van der Waals surface area contributed by atoms with Crippen LogP contribution in [-0.4, -0.2) is 23.7 Å². The van der Waals surface area contributed by atoms with Gasteiger partial charge >= 0.3 is 0 Å². The predicted octanol–water partition coefficient (Wildman–Crippen LogP) is 2.58. The summed E-state index contributed by atoms with van der Waals surface area (Å²) in [6.07, 6.45) is 4.53. The Morgan fingerprint density at radius 1 is 1.21 bits per heavy atom. The van der Waals surface area contributed by atoms with E-state index in [4.69, 9.17) is 0 Å². The van der Waals surface area contributed by atoms with E-state index in [1.165, 1.54) is 25.7 Å². The molecule has 0 heterocycles. The topological polar surface area (TPSA) is 49.3 Å². The second kappa shape index (κ2) is 5.43. The van der Waals surface area contributed by atoms with Crippen molar-refractivity contribution in [3.8, 4) is 0 Å². The Balaban J connectivity index is 1.85. The van der Waals surface area contributed by atoms with Gasteiger partial charge in [-0.1, -0.05) is 27.7 Å². The van der Waals surface area contributed by atoms with Crippen molar-refractivity contribution in [3.63, 3.8) is 0 Å². The Bertz CT molecular complexity index is 318. The highest BCUT2D eigenvalue weighted by atomic mass is 16.3. The lowest BCUT2D eigenvalue weighted by Crippen LogP contribution is -2.45. The van der Waals surface area contributed by atoms with Gasteiger partial charge in [-0.05, 0) is 43.4 Å². The lowest BCUT2D eigenvalue weighted by Gasteiger charge is -2.33. The number of aliphatic hydroxyl groups is 1. The lowest BCUT2D eigenvalue weighted by atomic mass is 9.80. The first-order valence-corrected chi connectivity index (χ1v) is 7.78. The molecule has 0 bridgehead atoms. The zero-order valence-electron chi connectivity index (χ0n) is 12.8. The minimum Gasteiger partial charge on any atom is -0.392 e. The third kappa shape index (κ3) is 3.71. The average Bonchev–Trinajstić information content (AvgIpc) is 3.19. The van der Waals surface area contributed by atoms with E-state index in [9.17, 15) is 9.90 Å². The fourth-order valence-corrected chi connectivity index (χ4v) is 3.16. The number of aliphatic hydroxyl groups excluding tert-OH is 1. The second-order valence-corrected chi connectivity index (χ2v) is 7.60. The largest absolute Gasteiger partial charge is 0.392 e. The second-order valence-electron chi connectivity index (χ2n) is 7.60. The molecule has 1 atom stereocenters. The highest BCUT2D eigenvalue weighted by molar-refractivity contribution is 5.80. The molecule has 1 amide bonds. The molecule has 0 radical (unpaired) electrons. The van der Waals surface area contributed by atoms with E-state index in [0.29, 0.717) is 18.4 Å². The maximum absolute atomic E-state index is 12.4. The van der Waals surface area contributed by atoms with Gasteiger partial charge in [0.05, 0.1) is 6.10 Å². The highest BCUT2D eigenvalue weighted by Gasteiger charge is 2.45. The number of hydrogen-bond donors (Lipinski definition) is 2. The zero-order chi connectivity index (χ0) is 14.2. The van der Waals surface area contributed by atoms with Crippen LogP contribution in [-0.2, 0) is 4.79 Å². The van der Waals surface area contributed by atoms with Crippen LogP contribution in [0.3, 0.4) is 0 Å². The van der Waals surface area contributed by atoms with Crippen LogP contribution in [0.25, 0.3) is 0 Å². The molecular formula is C16H29NO2. The van der Waals surface area contributed by atoms with Gasteiger partial charge in [0.1, 0.15) is 0 Å². The summed E-state index contributed by atoms with van der Waals surface area (Å²) in [4.78, 5) is 12.4. The summed E-state index contributed by atoms with van der Waals surface area (Å²) < 4.78 is 0. The SMILES string of the molecule is CC(C)C(O)C(C)(C)CNC(=O)C(C1CC1)C1CC1. The van der Waals surface area contributed by atoms with Gasteiger partial charge in [0.15, 0.2) is 0 Å². The average molecular weight is 267 g/mol. The number of carbonyl (C=O) groups excluding carboxylic acids is 1. The maximum atomic E-state index is 12.4. The summed E-state index contributed by atoms with van der Waals surface area (Å²) in [5, 5.41) is 13.3. The first-order valence-electron chi connectivity index (χ1n) is 7.78. The van der Waals surface area contributed by atoms with Crippen LogP contribution in [0.5, 0.6) is 0 Å². The fourth-order valence-electron chi connectivity index (χ4n) is 3.16. The third-order valence-electron chi connectivity index (χ3n) is 4.71. The van der Waals surface area contributed by atoms with Crippen molar-refractivity contribution in [2.45, 2.75) is 59.5 Å². The van der Waals surface area contributed by atoms with Gasteiger partial charge in [-0.25, -0.2) is 0 Å². The summed E-state index contributed by atoms with van der Waals surface area (Å²) in [5.74, 6) is 1.99. The standard InChI is InChI=1S/C16H29NO2/c1-10(2)14(18)16(3,4)9-17-15(19)13(11-5-6-11)12-7-8-12/h10-14,18H,5-9H2,1-4H3,(H,17,19). The molecule has 19 heavy (non-hydrogen) atoms. The molecule has 2 rings (SSSR count). The van der Waals surface area contributed by atoms with Crippen molar-refractivity contribution in [1.82, 2.24) is 5.32 Å². The molecule has 0 saturated heterocycles. The van der Waals surface area contributed by atoms with Crippen molar-refractivity contribution in [3.05, 3.63) is 0 Å². The number of nitrogens with one attached hydrogen (secondary N) is 1. The van der Waals surface area contributed by atoms with Crippen LogP contribution >= 0.6 is 0 Å². The number of amides is 1. The molecule has 0 aromatic carbocycles. The Kier molecular flexibility index (Phi) is 4.24. The van der Waals surface area contributed by atoms with E-state index >= 15 is 0 Å². The third-order valence-corrected chi connectivity index (χ3v) is 4.71. The monoisotopic (exact) mass is 267 g/mol. The van der Waals surface area contributed by atoms with E-state index < -0.39 is 0 Å². The lowest BCUT2D eigenvalue weighted by molar-refractivity contribution is -0.127. The van der Waals surface area contributed by atoms with Gasteiger partial charge in [0.25, 0.3) is 0 Å². The predicted molar refractivity (Wildman–Crippen MR) is 76.6 cm³/mol. The number of carbonyl (C=O) groups is 1. The fraction of sp³-hybridized carbons (Fsp3) is 0.938. The first-order chi connectivity index (χ1) is 8.83. The van der Waals surface area contributed by atoms with Gasteiger partial charge in [-0.3, -0.25) is 4.79 Å². The van der Waals surface area contributed by atoms with E-state index in [1.807, 2.05) is 27.7 Å². The van der Waals surface area contributed by atoms with Crippen molar-refractivity contribution >= 4 is 5.91 Å². The highest BCUT2D eigenvalue weighted by Crippen LogP contribution is 2.49. The Labute approximate surface area is 117 Å². The van der Waals surface area contributed by atoms with Gasteiger partial charge in [-0.2, -0.15) is 0 Å². The Morgan fingerprint density at radius 2 is 1.68 bits per heavy atom. The van der Waals surface area contributed by atoms with E-state index in [0.717, 1.165) is 0 Å². The molecule has 2 N–H and O–H groups in total. The number of hydrogen-bond acceptors (Lipinski definition) is 2. The molecule has 1 unspecified atom stereocenters. The van der Waals surface area contributed by atoms with Gasteiger partial charge in [0.2, 0.25) is 5.91 Å². The van der Waals surface area contributed by atoms with E-state index in [1.54, 1.807) is 0 Å². The van der Waals surface area contributed by atoms with Crippen LogP contribution in [0, 0.1) is 29.1 Å². The Hall–Kier alpha value is -0.570. The Morgan fingerprint density at radius 3 is 2.05 bits per heavy atom. The van der Waals surface area contributed by atoms with Crippen molar-refractivity contribution < 1.29 is 9.90 Å². The molecule has 2 aliphatic rings. The van der Waals surface area contributed by atoms with Crippen molar-refractivity contribution in [2.24, 2.45) is 29.1 Å². The minimum atomic E-state index is -0.381. The van der Waals surface area contributed by atoms with Crippen molar-refractivity contribution in [1.29, 1.82) is 0 Å². The van der Waals surface area contributed by atoms with Gasteiger partial charge < -0.3 is 10.4 Å². The molecule has 2 saturated carbocycles. The zero-order valence-corrected chi connectivity index (χ0v) is 12.8. The molecular weight excluding hydrogens is 238 g/mol. The summed E-state index contributed by atoms with van der Waals surface area (Å²) in [6, 6.07) is 0. The summed E-state index contributed by atoms with van der Waals surface area (Å²) in [7, 11) is 0. The van der Waals surface area contributed by atoms with Crippen LogP contribution in [0.2, 0.25) is 0 Å². The van der Waals surface area contributed by atoms with Crippen LogP contribution in [0.4, 0.5) is 0 Å². The minimum absolute atomic E-state index is 0.217. The molecule has 3 heteroatoms. The first kappa shape index (κ1) is 14.8. The molecule has 2 aliphatic carbocycles. The van der Waals surface area contributed by atoms with Gasteiger partial charge in [0, 0.05) is 17.9 Å².